The number of nitrogens with one attached hydrogen (secondary N) is 1. The number of carbonyl (C=O) groups is 1. The van der Waals surface area contributed by atoms with Crippen LogP contribution in [-0.2, 0) is 5.41 Å². The first kappa shape index (κ1) is 23.2. The van der Waals surface area contributed by atoms with Crippen molar-refractivity contribution in [1.82, 2.24) is 14.9 Å². The molecule has 0 spiro atoms. The molecule has 0 fully saturated rings. The van der Waals surface area contributed by atoms with Crippen LogP contribution in [-0.4, -0.2) is 41.5 Å². The standard InChI is InChI=1S/C14H25N5O.2ClH/c1-9-10(2)17-12(18-13(15)20)11(16-9)14(3,4)7-8-19(5)6;;/h7-8H2,1-6H3,(H3,15,17,18,20);2*1H. The monoisotopic (exact) mass is 351 g/mol. The molecule has 128 valence electrons. The van der Waals surface area contributed by atoms with Crippen molar-refractivity contribution in [2.45, 2.75) is 39.5 Å². The molecule has 0 aromatic carbocycles. The second-order valence-electron chi connectivity index (χ2n) is 6.02. The maximum atomic E-state index is 11.1. The molecule has 1 aromatic heterocycles. The predicted molar refractivity (Wildman–Crippen MR) is 95.4 cm³/mol. The van der Waals surface area contributed by atoms with Gasteiger partial charge >= 0.3 is 6.03 Å². The van der Waals surface area contributed by atoms with Crippen molar-refractivity contribution in [2.75, 3.05) is 26.0 Å². The van der Waals surface area contributed by atoms with Crippen LogP contribution < -0.4 is 11.1 Å². The number of hydrogen-bond acceptors (Lipinski definition) is 4. The number of anilines is 1. The van der Waals surface area contributed by atoms with Gasteiger partial charge in [-0.25, -0.2) is 9.78 Å². The van der Waals surface area contributed by atoms with Crippen molar-refractivity contribution in [3.63, 3.8) is 0 Å². The molecule has 2 amide bonds. The summed E-state index contributed by atoms with van der Waals surface area (Å²) in [6, 6.07) is -0.618. The molecule has 3 N–H and O–H groups in total. The number of nitrogens with zero attached hydrogens (tertiary/aromatic N) is 3. The molecule has 0 unspecified atom stereocenters. The molecule has 0 aliphatic heterocycles. The fourth-order valence-electron chi connectivity index (χ4n) is 1.90. The van der Waals surface area contributed by atoms with E-state index in [-0.39, 0.29) is 30.2 Å². The molecule has 0 radical (unpaired) electrons. The van der Waals surface area contributed by atoms with Gasteiger partial charge in [-0.15, -0.1) is 24.8 Å². The van der Waals surface area contributed by atoms with Gasteiger partial charge in [0, 0.05) is 5.41 Å². The van der Waals surface area contributed by atoms with Gasteiger partial charge in [-0.1, -0.05) is 13.8 Å². The van der Waals surface area contributed by atoms with Crippen LogP contribution in [0.1, 0.15) is 37.4 Å². The lowest BCUT2D eigenvalue weighted by Gasteiger charge is -2.28. The first-order chi connectivity index (χ1) is 9.13. The quantitative estimate of drug-likeness (QED) is 0.853. The van der Waals surface area contributed by atoms with Crippen molar-refractivity contribution in [3.8, 4) is 0 Å². The fraction of sp³-hybridized carbons (Fsp3) is 0.643. The number of halogens is 2. The lowest BCUT2D eigenvalue weighted by atomic mass is 9.84. The molecule has 0 bridgehead atoms. The molecule has 0 saturated carbocycles. The molecule has 0 saturated heterocycles. The lowest BCUT2D eigenvalue weighted by Crippen LogP contribution is -2.30. The second kappa shape index (κ2) is 9.12. The van der Waals surface area contributed by atoms with E-state index < -0.39 is 6.03 Å². The normalized spacial score (nSPS) is 10.7. The van der Waals surface area contributed by atoms with E-state index in [1.165, 1.54) is 0 Å². The minimum atomic E-state index is -0.618. The van der Waals surface area contributed by atoms with Crippen molar-refractivity contribution < 1.29 is 4.79 Å². The van der Waals surface area contributed by atoms with Gasteiger partial charge in [0.15, 0.2) is 5.82 Å². The Morgan fingerprint density at radius 3 is 2.14 bits per heavy atom. The summed E-state index contributed by atoms with van der Waals surface area (Å²) in [6.07, 6.45) is 0.907. The third-order valence-corrected chi connectivity index (χ3v) is 3.37. The highest BCUT2D eigenvalue weighted by Crippen LogP contribution is 2.31. The topological polar surface area (TPSA) is 84.1 Å². The predicted octanol–water partition coefficient (Wildman–Crippen LogP) is 2.66. The Bertz CT molecular complexity index is 506. The molecule has 1 heterocycles. The van der Waals surface area contributed by atoms with E-state index in [0.717, 1.165) is 30.0 Å². The van der Waals surface area contributed by atoms with Gasteiger partial charge in [-0.05, 0) is 40.9 Å². The summed E-state index contributed by atoms with van der Waals surface area (Å²) < 4.78 is 0. The van der Waals surface area contributed by atoms with E-state index in [1.54, 1.807) is 0 Å². The minimum absolute atomic E-state index is 0. The molecule has 0 aliphatic rings. The Morgan fingerprint density at radius 1 is 1.18 bits per heavy atom. The molecule has 1 aromatic rings. The van der Waals surface area contributed by atoms with Crippen LogP contribution >= 0.6 is 24.8 Å². The Balaban J connectivity index is 0. The molecular formula is C14H27Cl2N5O. The molecule has 6 nitrogen and oxygen atoms in total. The van der Waals surface area contributed by atoms with Crippen LogP contribution in [0.25, 0.3) is 0 Å². The first-order valence-electron chi connectivity index (χ1n) is 6.70. The molecule has 22 heavy (non-hydrogen) atoms. The average molecular weight is 352 g/mol. The third-order valence-electron chi connectivity index (χ3n) is 3.37. The molecule has 0 aliphatic carbocycles. The van der Waals surface area contributed by atoms with E-state index in [1.807, 2.05) is 27.9 Å². The van der Waals surface area contributed by atoms with E-state index in [4.69, 9.17) is 5.73 Å². The number of aryl methyl sites for hydroxylation is 2. The number of urea groups is 1. The Kier molecular flexibility index (Phi) is 9.61. The number of nitrogens with two attached hydrogens (primary N) is 1. The summed E-state index contributed by atoms with van der Waals surface area (Å²) in [5.41, 5.74) is 7.46. The largest absolute Gasteiger partial charge is 0.351 e. The maximum Gasteiger partial charge on any atom is 0.317 e. The van der Waals surface area contributed by atoms with Crippen LogP contribution in [0.4, 0.5) is 10.6 Å². The van der Waals surface area contributed by atoms with Crippen molar-refractivity contribution >= 4 is 36.7 Å². The van der Waals surface area contributed by atoms with Crippen LogP contribution in [0.2, 0.25) is 0 Å². The van der Waals surface area contributed by atoms with Crippen LogP contribution in [0.15, 0.2) is 0 Å². The number of aromatic nitrogens is 2. The van der Waals surface area contributed by atoms with E-state index in [9.17, 15) is 4.79 Å². The van der Waals surface area contributed by atoms with Gasteiger partial charge in [0.1, 0.15) is 0 Å². The zero-order valence-electron chi connectivity index (χ0n) is 14.1. The van der Waals surface area contributed by atoms with Crippen molar-refractivity contribution in [2.24, 2.45) is 5.73 Å². The highest BCUT2D eigenvalue weighted by molar-refractivity contribution is 5.87. The first-order valence-corrected chi connectivity index (χ1v) is 6.70. The number of hydrogen-bond donors (Lipinski definition) is 2. The highest BCUT2D eigenvalue weighted by atomic mass is 35.5. The molecule has 8 heteroatoms. The maximum absolute atomic E-state index is 11.1. The smallest absolute Gasteiger partial charge is 0.317 e. The van der Waals surface area contributed by atoms with E-state index in [0.29, 0.717) is 5.82 Å². The van der Waals surface area contributed by atoms with E-state index >= 15 is 0 Å². The van der Waals surface area contributed by atoms with Gasteiger partial charge in [0.05, 0.1) is 17.1 Å². The summed E-state index contributed by atoms with van der Waals surface area (Å²) in [4.78, 5) is 22.3. The number of amides is 2. The number of carbonyl (C=O) groups excluding carboxylic acids is 1. The molecule has 0 atom stereocenters. The Morgan fingerprint density at radius 2 is 1.68 bits per heavy atom. The van der Waals surface area contributed by atoms with Crippen molar-refractivity contribution in [1.29, 1.82) is 0 Å². The van der Waals surface area contributed by atoms with Crippen LogP contribution in [0.5, 0.6) is 0 Å². The third kappa shape index (κ3) is 6.34. The summed E-state index contributed by atoms with van der Waals surface area (Å²) in [7, 11) is 4.06. The van der Waals surface area contributed by atoms with Gasteiger partial charge in [0.25, 0.3) is 0 Å². The zero-order valence-corrected chi connectivity index (χ0v) is 15.7. The van der Waals surface area contributed by atoms with Gasteiger partial charge in [-0.2, -0.15) is 0 Å². The summed E-state index contributed by atoms with van der Waals surface area (Å²) in [6.45, 7) is 8.91. The second-order valence-corrected chi connectivity index (χ2v) is 6.02. The van der Waals surface area contributed by atoms with Crippen molar-refractivity contribution in [3.05, 3.63) is 17.1 Å². The van der Waals surface area contributed by atoms with Crippen LogP contribution in [0, 0.1) is 13.8 Å². The van der Waals surface area contributed by atoms with Gasteiger partial charge in [0.2, 0.25) is 0 Å². The van der Waals surface area contributed by atoms with Gasteiger partial charge < -0.3 is 10.6 Å². The Hall–Kier alpha value is -1.11. The average Bonchev–Trinajstić information content (AvgIpc) is 2.30. The highest BCUT2D eigenvalue weighted by Gasteiger charge is 2.27. The number of rotatable bonds is 5. The zero-order chi connectivity index (χ0) is 15.5. The molecule has 1 rings (SSSR count). The summed E-state index contributed by atoms with van der Waals surface area (Å²) in [5.74, 6) is 0.462. The Labute approximate surface area is 145 Å². The number of primary amides is 1. The van der Waals surface area contributed by atoms with E-state index in [2.05, 4.69) is 34.0 Å². The minimum Gasteiger partial charge on any atom is -0.351 e. The van der Waals surface area contributed by atoms with Gasteiger partial charge in [-0.3, -0.25) is 10.3 Å². The summed E-state index contributed by atoms with van der Waals surface area (Å²) in [5, 5.41) is 2.59. The fourth-order valence-corrected chi connectivity index (χ4v) is 1.90. The SMILES string of the molecule is Cc1nc(NC(N)=O)c(C(C)(C)CCN(C)C)nc1C.Cl.Cl. The summed E-state index contributed by atoms with van der Waals surface area (Å²) >= 11 is 0. The lowest BCUT2D eigenvalue weighted by molar-refractivity contribution is 0.259. The van der Waals surface area contributed by atoms with Crippen LogP contribution in [0.3, 0.4) is 0 Å². The molecular weight excluding hydrogens is 325 g/mol.